The molecule has 0 radical (unpaired) electrons. The van der Waals surface area contributed by atoms with Crippen molar-refractivity contribution in [3.8, 4) is 17.2 Å². The topological polar surface area (TPSA) is 46.2 Å². The highest BCUT2D eigenvalue weighted by atomic mass is 35.5. The number of piperazine rings is 1. The first kappa shape index (κ1) is 17.6. The van der Waals surface area contributed by atoms with E-state index in [1.807, 2.05) is 0 Å². The standard InChI is InChI=1S/C17H25N3O3.ClH/c1-21-15-8-13(9-16-17(15)23-12-22-16)10-19-5-2-14(11-19)20-6-3-18-4-7-20;/h8-9,14,18H,2-7,10-12H2,1H3;1H. The number of ether oxygens (including phenoxy) is 3. The van der Waals surface area contributed by atoms with Crippen molar-refractivity contribution >= 4 is 12.4 Å². The van der Waals surface area contributed by atoms with Gasteiger partial charge in [-0.3, -0.25) is 9.80 Å². The van der Waals surface area contributed by atoms with Crippen LogP contribution in [-0.4, -0.2) is 69.0 Å². The smallest absolute Gasteiger partial charge is 0.231 e. The maximum Gasteiger partial charge on any atom is 0.231 e. The normalized spacial score (nSPS) is 24.0. The van der Waals surface area contributed by atoms with E-state index in [4.69, 9.17) is 14.2 Å². The van der Waals surface area contributed by atoms with Crippen LogP contribution in [0.25, 0.3) is 0 Å². The highest BCUT2D eigenvalue weighted by Gasteiger charge is 2.29. The molecule has 134 valence electrons. The third-order valence-electron chi connectivity index (χ3n) is 5.04. The van der Waals surface area contributed by atoms with Crippen LogP contribution in [0.1, 0.15) is 12.0 Å². The predicted molar refractivity (Wildman–Crippen MR) is 94.5 cm³/mol. The SMILES string of the molecule is COc1cc(CN2CCC(N3CCNCC3)C2)cc2c1OCO2.Cl. The first-order chi connectivity index (χ1) is 11.3. The third-order valence-corrected chi connectivity index (χ3v) is 5.04. The molecule has 0 amide bonds. The summed E-state index contributed by atoms with van der Waals surface area (Å²) in [4.78, 5) is 5.17. The largest absolute Gasteiger partial charge is 0.493 e. The Kier molecular flexibility index (Phi) is 5.71. The molecule has 0 saturated carbocycles. The van der Waals surface area contributed by atoms with Crippen LogP contribution < -0.4 is 19.5 Å². The van der Waals surface area contributed by atoms with Gasteiger partial charge in [-0.15, -0.1) is 12.4 Å². The fourth-order valence-electron chi connectivity index (χ4n) is 3.83. The van der Waals surface area contributed by atoms with Crippen LogP contribution in [-0.2, 0) is 6.54 Å². The van der Waals surface area contributed by atoms with Crippen LogP contribution in [0.2, 0.25) is 0 Å². The summed E-state index contributed by atoms with van der Waals surface area (Å²) >= 11 is 0. The van der Waals surface area contributed by atoms with Gasteiger partial charge in [0, 0.05) is 51.9 Å². The van der Waals surface area contributed by atoms with Crippen LogP contribution in [0, 0.1) is 0 Å². The molecule has 0 aliphatic carbocycles. The van der Waals surface area contributed by atoms with Gasteiger partial charge in [-0.1, -0.05) is 0 Å². The van der Waals surface area contributed by atoms with Crippen molar-refractivity contribution in [1.82, 2.24) is 15.1 Å². The second-order valence-corrected chi connectivity index (χ2v) is 6.50. The van der Waals surface area contributed by atoms with Crippen molar-refractivity contribution in [2.75, 3.05) is 53.2 Å². The first-order valence-electron chi connectivity index (χ1n) is 8.47. The van der Waals surface area contributed by atoms with E-state index in [-0.39, 0.29) is 19.2 Å². The minimum absolute atomic E-state index is 0. The van der Waals surface area contributed by atoms with E-state index in [9.17, 15) is 0 Å². The van der Waals surface area contributed by atoms with Crippen molar-refractivity contribution in [2.45, 2.75) is 19.0 Å². The van der Waals surface area contributed by atoms with Gasteiger partial charge < -0.3 is 19.5 Å². The summed E-state index contributed by atoms with van der Waals surface area (Å²) in [6.45, 7) is 8.13. The molecular weight excluding hydrogens is 330 g/mol. The Bertz CT molecular complexity index is 566. The molecular formula is C17H26ClN3O3. The molecule has 1 N–H and O–H groups in total. The van der Waals surface area contributed by atoms with Crippen LogP contribution in [0.15, 0.2) is 12.1 Å². The molecule has 6 nitrogen and oxygen atoms in total. The van der Waals surface area contributed by atoms with E-state index >= 15 is 0 Å². The quantitative estimate of drug-likeness (QED) is 0.879. The van der Waals surface area contributed by atoms with Crippen LogP contribution in [0.4, 0.5) is 0 Å². The molecule has 0 aromatic heterocycles. The number of nitrogens with one attached hydrogen (secondary N) is 1. The highest BCUT2D eigenvalue weighted by molar-refractivity contribution is 5.85. The molecule has 3 aliphatic heterocycles. The molecule has 4 rings (SSSR count). The molecule has 1 atom stereocenters. The number of benzene rings is 1. The Balaban J connectivity index is 0.00000169. The zero-order chi connectivity index (χ0) is 15.6. The predicted octanol–water partition coefficient (Wildman–Crippen LogP) is 1.33. The Morgan fingerprint density at radius 2 is 2.04 bits per heavy atom. The molecule has 0 bridgehead atoms. The highest BCUT2D eigenvalue weighted by Crippen LogP contribution is 2.42. The lowest BCUT2D eigenvalue weighted by molar-refractivity contribution is 0.170. The Labute approximate surface area is 149 Å². The van der Waals surface area contributed by atoms with Gasteiger partial charge in [-0.25, -0.2) is 0 Å². The molecule has 1 unspecified atom stereocenters. The fourth-order valence-corrected chi connectivity index (χ4v) is 3.83. The molecule has 2 saturated heterocycles. The van der Waals surface area contributed by atoms with Crippen molar-refractivity contribution in [2.24, 2.45) is 0 Å². The lowest BCUT2D eigenvalue weighted by Gasteiger charge is -2.32. The van der Waals surface area contributed by atoms with Crippen molar-refractivity contribution in [3.63, 3.8) is 0 Å². The summed E-state index contributed by atoms with van der Waals surface area (Å²) in [6.07, 6.45) is 1.27. The Hall–Kier alpha value is -1.21. The summed E-state index contributed by atoms with van der Waals surface area (Å²) in [5, 5.41) is 3.43. The molecule has 1 aromatic rings. The maximum atomic E-state index is 5.53. The fraction of sp³-hybridized carbons (Fsp3) is 0.647. The number of hydrogen-bond donors (Lipinski definition) is 1. The van der Waals surface area contributed by atoms with Crippen molar-refractivity contribution < 1.29 is 14.2 Å². The number of methoxy groups -OCH3 is 1. The van der Waals surface area contributed by atoms with Gasteiger partial charge in [0.1, 0.15) is 0 Å². The van der Waals surface area contributed by atoms with Crippen LogP contribution >= 0.6 is 12.4 Å². The Morgan fingerprint density at radius 3 is 2.83 bits per heavy atom. The van der Waals surface area contributed by atoms with E-state index in [0.29, 0.717) is 6.04 Å². The summed E-state index contributed by atoms with van der Waals surface area (Å²) in [7, 11) is 1.68. The lowest BCUT2D eigenvalue weighted by atomic mass is 10.1. The molecule has 24 heavy (non-hydrogen) atoms. The molecule has 7 heteroatoms. The molecule has 1 aromatic carbocycles. The average Bonchev–Trinajstić information content (AvgIpc) is 3.24. The monoisotopic (exact) mass is 355 g/mol. The van der Waals surface area contributed by atoms with Gasteiger partial charge in [-0.2, -0.15) is 0 Å². The zero-order valence-corrected chi connectivity index (χ0v) is 14.9. The minimum atomic E-state index is 0. The lowest BCUT2D eigenvalue weighted by Crippen LogP contribution is -2.49. The van der Waals surface area contributed by atoms with E-state index in [0.717, 1.165) is 50.0 Å². The number of fused-ring (bicyclic) bond motifs is 1. The van der Waals surface area contributed by atoms with Gasteiger partial charge in [0.2, 0.25) is 12.5 Å². The summed E-state index contributed by atoms with van der Waals surface area (Å²) in [5.74, 6) is 2.31. The van der Waals surface area contributed by atoms with Crippen molar-refractivity contribution in [1.29, 1.82) is 0 Å². The third kappa shape index (κ3) is 3.57. The summed E-state index contributed by atoms with van der Waals surface area (Å²) in [6, 6.07) is 4.86. The summed E-state index contributed by atoms with van der Waals surface area (Å²) < 4.78 is 16.4. The number of halogens is 1. The van der Waals surface area contributed by atoms with Gasteiger partial charge >= 0.3 is 0 Å². The van der Waals surface area contributed by atoms with Gasteiger partial charge in [-0.05, 0) is 24.1 Å². The van der Waals surface area contributed by atoms with Gasteiger partial charge in [0.25, 0.3) is 0 Å². The average molecular weight is 356 g/mol. The number of rotatable bonds is 4. The molecule has 2 fully saturated rings. The first-order valence-corrected chi connectivity index (χ1v) is 8.47. The van der Waals surface area contributed by atoms with Crippen LogP contribution in [0.5, 0.6) is 17.2 Å². The van der Waals surface area contributed by atoms with E-state index in [2.05, 4.69) is 27.2 Å². The second-order valence-electron chi connectivity index (χ2n) is 6.50. The molecule has 3 aliphatic rings. The van der Waals surface area contributed by atoms with E-state index < -0.39 is 0 Å². The Morgan fingerprint density at radius 1 is 1.21 bits per heavy atom. The van der Waals surface area contributed by atoms with Gasteiger partial charge in [0.15, 0.2) is 11.5 Å². The maximum absolute atomic E-state index is 5.53. The van der Waals surface area contributed by atoms with E-state index in [1.54, 1.807) is 7.11 Å². The number of nitrogens with zero attached hydrogens (tertiary/aromatic N) is 2. The zero-order valence-electron chi connectivity index (χ0n) is 14.1. The number of likely N-dealkylation sites (tertiary alicyclic amines) is 1. The van der Waals surface area contributed by atoms with Crippen molar-refractivity contribution in [3.05, 3.63) is 17.7 Å². The minimum Gasteiger partial charge on any atom is -0.493 e. The molecule has 0 spiro atoms. The van der Waals surface area contributed by atoms with E-state index in [1.165, 1.54) is 25.1 Å². The van der Waals surface area contributed by atoms with Gasteiger partial charge in [0.05, 0.1) is 7.11 Å². The van der Waals surface area contributed by atoms with Crippen LogP contribution in [0.3, 0.4) is 0 Å². The molecule has 3 heterocycles. The summed E-state index contributed by atoms with van der Waals surface area (Å²) in [5.41, 5.74) is 1.23. The second kappa shape index (κ2) is 7.78. The number of hydrogen-bond acceptors (Lipinski definition) is 6.